The summed E-state index contributed by atoms with van der Waals surface area (Å²) in [6, 6.07) is 9.29. The van der Waals surface area contributed by atoms with Crippen LogP contribution in [0.25, 0.3) is 0 Å². The van der Waals surface area contributed by atoms with Crippen molar-refractivity contribution in [2.75, 3.05) is 19.0 Å². The normalized spacial score (nSPS) is 20.2. The second kappa shape index (κ2) is 7.86. The van der Waals surface area contributed by atoms with Gasteiger partial charge in [-0.05, 0) is 73.3 Å². The maximum atomic E-state index is 13.2. The highest BCUT2D eigenvalue weighted by atomic mass is 32.2. The van der Waals surface area contributed by atoms with E-state index in [0.29, 0.717) is 23.8 Å². The molecule has 0 radical (unpaired) electrons. The molecule has 1 amide bonds. The fourth-order valence-electron chi connectivity index (χ4n) is 5.26. The Hall–Kier alpha value is -2.54. The molecular formula is C24H28N2O4S. The first-order chi connectivity index (χ1) is 15.0. The van der Waals surface area contributed by atoms with Gasteiger partial charge in [0.2, 0.25) is 5.91 Å². The van der Waals surface area contributed by atoms with E-state index >= 15 is 0 Å². The van der Waals surface area contributed by atoms with Crippen LogP contribution < -0.4 is 14.8 Å². The van der Waals surface area contributed by atoms with Gasteiger partial charge >= 0.3 is 0 Å². The maximum absolute atomic E-state index is 13.2. The molecule has 0 saturated heterocycles. The van der Waals surface area contributed by atoms with Gasteiger partial charge in [-0.2, -0.15) is 0 Å². The van der Waals surface area contributed by atoms with Crippen LogP contribution >= 0.6 is 0 Å². The second-order valence-electron chi connectivity index (χ2n) is 8.76. The topological polar surface area (TPSA) is 84.5 Å². The van der Waals surface area contributed by atoms with Crippen molar-refractivity contribution in [3.05, 3.63) is 52.6 Å². The summed E-state index contributed by atoms with van der Waals surface area (Å²) in [7, 11) is -2.38. The number of rotatable bonds is 5. The summed E-state index contributed by atoms with van der Waals surface area (Å²) in [6.07, 6.45) is 6.76. The Morgan fingerprint density at radius 3 is 2.68 bits per heavy atom. The molecule has 2 aromatic rings. The molecular weight excluding hydrogens is 412 g/mol. The van der Waals surface area contributed by atoms with Crippen LogP contribution in [0.4, 0.5) is 5.69 Å². The Kier molecular flexibility index (Phi) is 5.16. The molecule has 1 fully saturated rings. The number of aryl methyl sites for hydroxylation is 1. The molecule has 31 heavy (non-hydrogen) atoms. The predicted molar refractivity (Wildman–Crippen MR) is 119 cm³/mol. The van der Waals surface area contributed by atoms with Gasteiger partial charge in [0.1, 0.15) is 10.6 Å². The number of nitrogens with one attached hydrogen (secondary N) is 2. The monoisotopic (exact) mass is 440 g/mol. The Labute approximate surface area is 183 Å². The highest BCUT2D eigenvalue weighted by Gasteiger charge is 2.37. The van der Waals surface area contributed by atoms with E-state index in [1.54, 1.807) is 19.2 Å². The molecule has 7 heteroatoms. The van der Waals surface area contributed by atoms with Gasteiger partial charge in [-0.3, -0.25) is 4.79 Å². The van der Waals surface area contributed by atoms with Crippen LogP contribution in [0.1, 0.15) is 66.2 Å². The van der Waals surface area contributed by atoms with Crippen molar-refractivity contribution in [3.8, 4) is 5.75 Å². The zero-order valence-electron chi connectivity index (χ0n) is 17.7. The van der Waals surface area contributed by atoms with Crippen molar-refractivity contribution in [3.63, 3.8) is 0 Å². The van der Waals surface area contributed by atoms with Crippen molar-refractivity contribution in [2.45, 2.75) is 61.7 Å². The van der Waals surface area contributed by atoms with Crippen LogP contribution in [-0.2, 0) is 27.7 Å². The Balaban J connectivity index is 1.45. The lowest BCUT2D eigenvalue weighted by Gasteiger charge is -2.28. The van der Waals surface area contributed by atoms with Gasteiger partial charge in [0.25, 0.3) is 10.0 Å². The zero-order chi connectivity index (χ0) is 21.6. The van der Waals surface area contributed by atoms with E-state index in [9.17, 15) is 13.2 Å². The molecule has 1 atom stereocenters. The summed E-state index contributed by atoms with van der Waals surface area (Å²) in [4.78, 5) is 13.4. The van der Waals surface area contributed by atoms with Gasteiger partial charge in [-0.25, -0.2) is 13.1 Å². The third-order valence-electron chi connectivity index (χ3n) is 7.03. The lowest BCUT2D eigenvalue weighted by atomic mass is 9.77. The number of ether oxygens (including phenoxy) is 1. The van der Waals surface area contributed by atoms with E-state index in [1.807, 2.05) is 12.1 Å². The number of para-hydroxylation sites is 1. The summed E-state index contributed by atoms with van der Waals surface area (Å²) in [5, 5.41) is 3.20. The van der Waals surface area contributed by atoms with E-state index in [2.05, 4.69) is 16.1 Å². The van der Waals surface area contributed by atoms with E-state index in [1.165, 1.54) is 30.4 Å². The molecule has 0 bridgehead atoms. The first-order valence-corrected chi connectivity index (χ1v) is 12.6. The van der Waals surface area contributed by atoms with Gasteiger partial charge in [0.05, 0.1) is 18.7 Å². The van der Waals surface area contributed by atoms with Gasteiger partial charge in [-0.1, -0.05) is 24.6 Å². The van der Waals surface area contributed by atoms with E-state index in [0.717, 1.165) is 36.9 Å². The first-order valence-electron chi connectivity index (χ1n) is 11.1. The maximum Gasteiger partial charge on any atom is 0.266 e. The SMILES string of the molecule is COc1ccc(C2CCC2)c2c1[C@H](C(=O)NS(=O)(=O)c1cccc3c1NCCC3)CC2. The standard InChI is InChI=1S/C24H28N2O4S/c1-30-20-13-12-17(15-5-2-6-15)18-10-11-19(22(18)20)24(27)26-31(28,29)21-9-3-7-16-8-4-14-25-23(16)21/h3,7,9,12-13,15,19,25H,2,4-6,8,10-11,14H2,1H3,(H,26,27)/t19-/m1/s1. The Morgan fingerprint density at radius 1 is 1.10 bits per heavy atom. The number of benzene rings is 2. The Bertz CT molecular complexity index is 1140. The van der Waals surface area contributed by atoms with Crippen molar-refractivity contribution in [1.82, 2.24) is 4.72 Å². The molecule has 0 unspecified atom stereocenters. The van der Waals surface area contributed by atoms with Crippen LogP contribution in [0.2, 0.25) is 0 Å². The van der Waals surface area contributed by atoms with Crippen molar-refractivity contribution >= 4 is 21.6 Å². The number of amides is 1. The number of carbonyl (C=O) groups excluding carboxylic acids is 1. The highest BCUT2D eigenvalue weighted by molar-refractivity contribution is 7.90. The number of methoxy groups -OCH3 is 1. The number of fused-ring (bicyclic) bond motifs is 2. The molecule has 1 heterocycles. The molecule has 2 N–H and O–H groups in total. The van der Waals surface area contributed by atoms with Crippen LogP contribution in [0.3, 0.4) is 0 Å². The molecule has 5 rings (SSSR count). The highest BCUT2D eigenvalue weighted by Crippen LogP contribution is 2.47. The van der Waals surface area contributed by atoms with Gasteiger partial charge in [-0.15, -0.1) is 0 Å². The summed E-state index contributed by atoms with van der Waals surface area (Å²) in [5.41, 5.74) is 4.94. The van der Waals surface area contributed by atoms with Crippen molar-refractivity contribution in [1.29, 1.82) is 0 Å². The van der Waals surface area contributed by atoms with E-state index in [4.69, 9.17) is 4.74 Å². The quantitative estimate of drug-likeness (QED) is 0.738. The van der Waals surface area contributed by atoms with Gasteiger partial charge in [0.15, 0.2) is 0 Å². The summed E-state index contributed by atoms with van der Waals surface area (Å²) >= 11 is 0. The largest absolute Gasteiger partial charge is 0.496 e. The molecule has 0 aromatic heterocycles. The zero-order valence-corrected chi connectivity index (χ0v) is 18.6. The van der Waals surface area contributed by atoms with E-state index < -0.39 is 21.8 Å². The summed E-state index contributed by atoms with van der Waals surface area (Å²) in [6.45, 7) is 0.727. The fourth-order valence-corrected chi connectivity index (χ4v) is 6.50. The van der Waals surface area contributed by atoms with Crippen molar-refractivity contribution in [2.24, 2.45) is 0 Å². The molecule has 2 aromatic carbocycles. The number of anilines is 1. The number of hydrogen-bond acceptors (Lipinski definition) is 5. The average Bonchev–Trinajstić information content (AvgIpc) is 3.18. The summed E-state index contributed by atoms with van der Waals surface area (Å²) in [5.74, 6) is 0.225. The smallest absolute Gasteiger partial charge is 0.266 e. The first kappa shape index (κ1) is 20.4. The van der Waals surface area contributed by atoms with Gasteiger partial charge < -0.3 is 10.1 Å². The molecule has 6 nitrogen and oxygen atoms in total. The summed E-state index contributed by atoms with van der Waals surface area (Å²) < 4.78 is 34.3. The fraction of sp³-hybridized carbons (Fsp3) is 0.458. The van der Waals surface area contributed by atoms with Gasteiger partial charge in [0, 0.05) is 12.1 Å². The molecule has 3 aliphatic rings. The minimum absolute atomic E-state index is 0.145. The molecule has 0 spiro atoms. The second-order valence-corrected chi connectivity index (χ2v) is 10.4. The molecule has 1 aliphatic heterocycles. The number of sulfonamides is 1. The average molecular weight is 441 g/mol. The molecule has 2 aliphatic carbocycles. The minimum Gasteiger partial charge on any atom is -0.496 e. The molecule has 1 saturated carbocycles. The number of carbonyl (C=O) groups is 1. The van der Waals surface area contributed by atoms with Crippen LogP contribution in [0, 0.1) is 0 Å². The van der Waals surface area contributed by atoms with Crippen LogP contribution in [-0.4, -0.2) is 28.0 Å². The number of hydrogen-bond donors (Lipinski definition) is 2. The third-order valence-corrected chi connectivity index (χ3v) is 8.42. The van der Waals surface area contributed by atoms with E-state index in [-0.39, 0.29) is 4.90 Å². The predicted octanol–water partition coefficient (Wildman–Crippen LogP) is 3.86. The molecule has 164 valence electrons. The van der Waals surface area contributed by atoms with Crippen LogP contribution in [0.5, 0.6) is 5.75 Å². The minimum atomic E-state index is -3.98. The van der Waals surface area contributed by atoms with Crippen LogP contribution in [0.15, 0.2) is 35.2 Å². The lowest BCUT2D eigenvalue weighted by Crippen LogP contribution is -2.35. The Morgan fingerprint density at radius 2 is 1.94 bits per heavy atom. The third kappa shape index (κ3) is 3.49. The van der Waals surface area contributed by atoms with Crippen molar-refractivity contribution < 1.29 is 17.9 Å². The lowest BCUT2D eigenvalue weighted by molar-refractivity contribution is -0.120.